The number of carbonyl (C=O) groups is 1. The fourth-order valence-corrected chi connectivity index (χ4v) is 3.14. The van der Waals surface area contributed by atoms with Gasteiger partial charge in [0.15, 0.2) is 0 Å². The van der Waals surface area contributed by atoms with Gasteiger partial charge in [0.05, 0.1) is 11.1 Å². The molecule has 5 nitrogen and oxygen atoms in total. The molecule has 1 aromatic heterocycles. The summed E-state index contributed by atoms with van der Waals surface area (Å²) in [6.45, 7) is 7.35. The summed E-state index contributed by atoms with van der Waals surface area (Å²) in [5.74, 6) is -0.865. The zero-order valence-corrected chi connectivity index (χ0v) is 13.0. The van der Waals surface area contributed by atoms with E-state index in [-0.39, 0.29) is 0 Å². The molecule has 0 aliphatic carbocycles. The number of carboxylic acid groups (broad SMARTS) is 1. The van der Waals surface area contributed by atoms with Gasteiger partial charge in [0.2, 0.25) is 0 Å². The Morgan fingerprint density at radius 2 is 2.09 bits per heavy atom. The number of rotatable bonds is 5. The molecule has 118 valence electrons. The molecule has 0 amide bonds. The van der Waals surface area contributed by atoms with Gasteiger partial charge in [-0.2, -0.15) is 0 Å². The highest BCUT2D eigenvalue weighted by Gasteiger charge is 2.15. The van der Waals surface area contributed by atoms with Crippen molar-refractivity contribution in [3.8, 4) is 0 Å². The van der Waals surface area contributed by atoms with Crippen LogP contribution in [0.25, 0.3) is 10.9 Å². The summed E-state index contributed by atoms with van der Waals surface area (Å²) in [6, 6.07) is 3.91. The Morgan fingerprint density at radius 3 is 2.77 bits per heavy atom. The number of carboxylic acids is 1. The number of hydrogen-bond acceptors (Lipinski definition) is 3. The van der Waals surface area contributed by atoms with Gasteiger partial charge in [-0.3, -0.25) is 0 Å². The summed E-state index contributed by atoms with van der Waals surface area (Å²) in [7, 11) is 0. The Bertz CT molecular complexity index is 672. The van der Waals surface area contributed by atoms with Crippen molar-refractivity contribution in [3.63, 3.8) is 0 Å². The Balaban J connectivity index is 1.86. The molecule has 22 heavy (non-hydrogen) atoms. The average molecular weight is 301 g/mol. The summed E-state index contributed by atoms with van der Waals surface area (Å²) in [6.07, 6.45) is 3.77. The van der Waals surface area contributed by atoms with Crippen molar-refractivity contribution >= 4 is 16.9 Å². The number of nitrogens with one attached hydrogen (secondary N) is 2. The SMILES string of the molecule is CCc1cc(C(=O)O)c2[nH]cc(CCN3CCNCC3)c2c1. The maximum atomic E-state index is 11.5. The number of piperazine rings is 1. The topological polar surface area (TPSA) is 68.4 Å². The molecule has 1 fully saturated rings. The summed E-state index contributed by atoms with van der Waals surface area (Å²) >= 11 is 0. The molecular formula is C17H23N3O2. The minimum Gasteiger partial charge on any atom is -0.478 e. The first-order valence-electron chi connectivity index (χ1n) is 7.98. The van der Waals surface area contributed by atoms with E-state index in [9.17, 15) is 9.90 Å². The van der Waals surface area contributed by atoms with Gasteiger partial charge in [-0.05, 0) is 36.1 Å². The smallest absolute Gasteiger partial charge is 0.337 e. The second kappa shape index (κ2) is 6.50. The van der Waals surface area contributed by atoms with E-state index >= 15 is 0 Å². The first-order valence-corrected chi connectivity index (χ1v) is 7.98. The van der Waals surface area contributed by atoms with Crippen LogP contribution in [0, 0.1) is 0 Å². The Hall–Kier alpha value is -1.85. The Kier molecular flexibility index (Phi) is 4.45. The third-order valence-corrected chi connectivity index (χ3v) is 4.48. The highest BCUT2D eigenvalue weighted by Crippen LogP contribution is 2.25. The third kappa shape index (κ3) is 3.00. The van der Waals surface area contributed by atoms with Crippen LogP contribution in [0.4, 0.5) is 0 Å². The monoisotopic (exact) mass is 301 g/mol. The number of aromatic carboxylic acids is 1. The summed E-state index contributed by atoms with van der Waals surface area (Å²) < 4.78 is 0. The van der Waals surface area contributed by atoms with Gasteiger partial charge < -0.3 is 20.3 Å². The molecule has 5 heteroatoms. The van der Waals surface area contributed by atoms with Crippen molar-refractivity contribution in [1.82, 2.24) is 15.2 Å². The number of nitrogens with zero attached hydrogens (tertiary/aromatic N) is 1. The van der Waals surface area contributed by atoms with Crippen molar-refractivity contribution in [3.05, 3.63) is 35.0 Å². The van der Waals surface area contributed by atoms with Gasteiger partial charge in [0.1, 0.15) is 0 Å². The largest absolute Gasteiger partial charge is 0.478 e. The molecule has 0 saturated carbocycles. The molecule has 1 aliphatic rings. The lowest BCUT2D eigenvalue weighted by Crippen LogP contribution is -2.44. The van der Waals surface area contributed by atoms with E-state index in [0.29, 0.717) is 5.56 Å². The number of aryl methyl sites for hydroxylation is 1. The maximum absolute atomic E-state index is 11.5. The molecule has 3 N–H and O–H groups in total. The van der Waals surface area contributed by atoms with E-state index in [1.807, 2.05) is 6.20 Å². The molecule has 3 rings (SSSR count). The molecule has 0 bridgehead atoms. The number of aromatic amines is 1. The fourth-order valence-electron chi connectivity index (χ4n) is 3.14. The van der Waals surface area contributed by atoms with Crippen LogP contribution < -0.4 is 5.32 Å². The Labute approximate surface area is 130 Å². The molecule has 0 radical (unpaired) electrons. The molecule has 2 heterocycles. The number of aromatic nitrogens is 1. The summed E-state index contributed by atoms with van der Waals surface area (Å²) in [5, 5.41) is 13.8. The van der Waals surface area contributed by atoms with Gasteiger partial charge in [0, 0.05) is 44.3 Å². The summed E-state index contributed by atoms with van der Waals surface area (Å²) in [5.41, 5.74) is 3.42. The second-order valence-corrected chi connectivity index (χ2v) is 5.88. The van der Waals surface area contributed by atoms with Crippen LogP contribution >= 0.6 is 0 Å². The second-order valence-electron chi connectivity index (χ2n) is 5.88. The van der Waals surface area contributed by atoms with Crippen molar-refractivity contribution in [1.29, 1.82) is 0 Å². The first-order chi connectivity index (χ1) is 10.7. The number of H-pyrrole nitrogens is 1. The molecule has 1 saturated heterocycles. The van der Waals surface area contributed by atoms with Gasteiger partial charge in [-0.15, -0.1) is 0 Å². The quantitative estimate of drug-likeness (QED) is 0.789. The predicted octanol–water partition coefficient (Wildman–Crippen LogP) is 1.88. The normalized spacial score (nSPS) is 16.2. The zero-order chi connectivity index (χ0) is 15.5. The van der Waals surface area contributed by atoms with Crippen LogP contribution in [0.15, 0.2) is 18.3 Å². The van der Waals surface area contributed by atoms with E-state index < -0.39 is 5.97 Å². The van der Waals surface area contributed by atoms with Crippen LogP contribution in [0.3, 0.4) is 0 Å². The summed E-state index contributed by atoms with van der Waals surface area (Å²) in [4.78, 5) is 17.1. The lowest BCUT2D eigenvalue weighted by atomic mass is 10.0. The zero-order valence-electron chi connectivity index (χ0n) is 13.0. The van der Waals surface area contributed by atoms with Crippen LogP contribution in [0.5, 0.6) is 0 Å². The highest BCUT2D eigenvalue weighted by atomic mass is 16.4. The molecule has 1 aliphatic heterocycles. The minimum atomic E-state index is -0.865. The average Bonchev–Trinajstić information content (AvgIpc) is 2.95. The van der Waals surface area contributed by atoms with Crippen LogP contribution in [0.2, 0.25) is 0 Å². The predicted molar refractivity (Wildman–Crippen MR) is 87.6 cm³/mol. The van der Waals surface area contributed by atoms with Crippen molar-refractivity contribution < 1.29 is 9.90 Å². The van der Waals surface area contributed by atoms with Crippen molar-refractivity contribution in [2.45, 2.75) is 19.8 Å². The molecule has 0 atom stereocenters. The maximum Gasteiger partial charge on any atom is 0.337 e. The Morgan fingerprint density at radius 1 is 1.32 bits per heavy atom. The van der Waals surface area contributed by atoms with Crippen LogP contribution in [0.1, 0.15) is 28.4 Å². The van der Waals surface area contributed by atoms with Crippen molar-refractivity contribution in [2.24, 2.45) is 0 Å². The standard InChI is InChI=1S/C17H23N3O2/c1-2-12-9-14-13(3-6-20-7-4-18-5-8-20)11-19-16(14)15(10-12)17(21)22/h9-11,18-19H,2-8H2,1H3,(H,21,22). The van der Waals surface area contributed by atoms with E-state index in [2.05, 4.69) is 28.2 Å². The lowest BCUT2D eigenvalue weighted by molar-refractivity contribution is 0.0698. The molecule has 0 unspecified atom stereocenters. The first kappa shape index (κ1) is 15.1. The number of benzene rings is 1. The fraction of sp³-hybridized carbons (Fsp3) is 0.471. The van der Waals surface area contributed by atoms with E-state index in [0.717, 1.165) is 62.0 Å². The van der Waals surface area contributed by atoms with Crippen LogP contribution in [-0.4, -0.2) is 53.7 Å². The van der Waals surface area contributed by atoms with E-state index in [1.165, 1.54) is 5.56 Å². The van der Waals surface area contributed by atoms with Gasteiger partial charge >= 0.3 is 5.97 Å². The van der Waals surface area contributed by atoms with E-state index in [1.54, 1.807) is 6.07 Å². The molecule has 1 aromatic carbocycles. The molecule has 0 spiro atoms. The molecular weight excluding hydrogens is 278 g/mol. The van der Waals surface area contributed by atoms with Crippen molar-refractivity contribution in [2.75, 3.05) is 32.7 Å². The van der Waals surface area contributed by atoms with Gasteiger partial charge in [-0.1, -0.05) is 6.92 Å². The minimum absolute atomic E-state index is 0.378. The molecule has 2 aromatic rings. The third-order valence-electron chi connectivity index (χ3n) is 4.48. The lowest BCUT2D eigenvalue weighted by Gasteiger charge is -2.26. The van der Waals surface area contributed by atoms with E-state index in [4.69, 9.17) is 0 Å². The van der Waals surface area contributed by atoms with Gasteiger partial charge in [-0.25, -0.2) is 4.79 Å². The van der Waals surface area contributed by atoms with Gasteiger partial charge in [0.25, 0.3) is 0 Å². The highest BCUT2D eigenvalue weighted by molar-refractivity contribution is 6.03. The number of fused-ring (bicyclic) bond motifs is 1. The number of hydrogen-bond donors (Lipinski definition) is 3. The van der Waals surface area contributed by atoms with Crippen LogP contribution in [-0.2, 0) is 12.8 Å².